The Morgan fingerprint density at radius 1 is 1.50 bits per heavy atom. The predicted octanol–water partition coefficient (Wildman–Crippen LogP) is -0.243. The number of carbonyl (C=O) groups excluding carboxylic acids is 1. The zero-order valence-electron chi connectivity index (χ0n) is 5.90. The van der Waals surface area contributed by atoms with Crippen molar-refractivity contribution >= 4 is 63.5 Å². The number of terminal acetylenes is 1. The second-order valence-corrected chi connectivity index (χ2v) is 1.15. The molecule has 64 valence electrons. The summed E-state index contributed by atoms with van der Waals surface area (Å²) in [7, 11) is 0. The summed E-state index contributed by atoms with van der Waals surface area (Å²) >= 11 is 0. The average molecular weight is 200 g/mol. The van der Waals surface area contributed by atoms with Gasteiger partial charge in [0.05, 0.1) is 6.61 Å². The van der Waals surface area contributed by atoms with Crippen LogP contribution < -0.4 is 0 Å². The topological polar surface area (TPSA) is 83.8 Å². The number of hydrogen-bond acceptors (Lipinski definition) is 3. The van der Waals surface area contributed by atoms with E-state index in [2.05, 4.69) is 11.2 Å². The van der Waals surface area contributed by atoms with Crippen molar-refractivity contribution < 1.29 is 24.5 Å². The van der Waals surface area contributed by atoms with E-state index in [4.69, 9.17) is 15.0 Å². The maximum atomic E-state index is 9.95. The van der Waals surface area contributed by atoms with Crippen LogP contribution in [0.5, 0.6) is 0 Å². The summed E-state index contributed by atoms with van der Waals surface area (Å²) in [5, 5.41) is 13.9. The van der Waals surface area contributed by atoms with E-state index in [1.165, 1.54) is 0 Å². The number of esters is 1. The third kappa shape index (κ3) is 32.6. The number of hydrogen-bond donors (Lipinski definition) is 2. The van der Waals surface area contributed by atoms with Gasteiger partial charge in [0, 0.05) is 5.92 Å². The summed E-state index contributed by atoms with van der Waals surface area (Å²) < 4.78 is 4.32. The summed E-state index contributed by atoms with van der Waals surface area (Å²) in [6, 6.07) is 0. The van der Waals surface area contributed by atoms with Crippen molar-refractivity contribution in [3.8, 4) is 12.3 Å². The molecule has 0 aliphatic heterocycles. The van der Waals surface area contributed by atoms with E-state index >= 15 is 0 Å². The van der Waals surface area contributed by atoms with Gasteiger partial charge in [-0.05, 0) is 6.92 Å². The Hall–Kier alpha value is -0.0636. The molecule has 0 heterocycles. The Morgan fingerprint density at radius 3 is 1.92 bits per heavy atom. The molecular formula is C6H9KO5. The fourth-order valence-corrected chi connectivity index (χ4v) is 0.173. The zero-order chi connectivity index (χ0) is 9.28. The van der Waals surface area contributed by atoms with Gasteiger partial charge in [-0.2, -0.15) is 0 Å². The van der Waals surface area contributed by atoms with Crippen molar-refractivity contribution in [3.63, 3.8) is 0 Å². The van der Waals surface area contributed by atoms with Gasteiger partial charge >= 0.3 is 63.5 Å². The molecule has 0 rings (SSSR count). The Labute approximate surface area is 113 Å². The molecule has 0 amide bonds. The molecular weight excluding hydrogens is 191 g/mol. The molecule has 6 heteroatoms. The van der Waals surface area contributed by atoms with E-state index in [-0.39, 0.29) is 51.4 Å². The molecule has 2 N–H and O–H groups in total. The van der Waals surface area contributed by atoms with Crippen LogP contribution in [0.3, 0.4) is 0 Å². The molecule has 0 aromatic heterocycles. The van der Waals surface area contributed by atoms with Gasteiger partial charge < -0.3 is 14.9 Å². The van der Waals surface area contributed by atoms with E-state index < -0.39 is 12.1 Å². The second kappa shape index (κ2) is 13.5. The van der Waals surface area contributed by atoms with Crippen molar-refractivity contribution in [2.45, 2.75) is 6.92 Å². The van der Waals surface area contributed by atoms with Crippen molar-refractivity contribution in [1.29, 1.82) is 0 Å². The third-order valence-corrected chi connectivity index (χ3v) is 0.393. The van der Waals surface area contributed by atoms with E-state index in [1.54, 1.807) is 12.8 Å². The van der Waals surface area contributed by atoms with Crippen molar-refractivity contribution in [3.05, 3.63) is 0 Å². The van der Waals surface area contributed by atoms with Crippen LogP contribution in [0, 0.1) is 12.3 Å². The molecule has 0 aliphatic carbocycles. The summed E-state index contributed by atoms with van der Waals surface area (Å²) in [4.78, 5) is 18.5. The fourth-order valence-electron chi connectivity index (χ4n) is 0.173. The zero-order valence-corrected chi connectivity index (χ0v) is 5.90. The predicted molar refractivity (Wildman–Crippen MR) is 43.3 cm³/mol. The second-order valence-electron chi connectivity index (χ2n) is 1.15. The van der Waals surface area contributed by atoms with Gasteiger partial charge in [0.1, 0.15) is 0 Å². The summed E-state index contributed by atoms with van der Waals surface area (Å²) in [5.74, 6) is 1.21. The van der Waals surface area contributed by atoms with Crippen LogP contribution in [0.2, 0.25) is 0 Å². The number of carbonyl (C=O) groups is 2. The molecule has 0 saturated heterocycles. The molecule has 0 saturated carbocycles. The number of rotatable bonds is 1. The SMILES string of the molecule is C#CC(=O)OCC.O=C(O)O.[KH]. The molecule has 0 bridgehead atoms. The minimum atomic E-state index is -1.83. The van der Waals surface area contributed by atoms with Crippen LogP contribution in [-0.4, -0.2) is 80.3 Å². The molecule has 12 heavy (non-hydrogen) atoms. The number of carboxylic acid groups (broad SMARTS) is 2. The molecule has 5 nitrogen and oxygen atoms in total. The van der Waals surface area contributed by atoms with Crippen LogP contribution >= 0.6 is 0 Å². The van der Waals surface area contributed by atoms with Crippen LogP contribution in [0.15, 0.2) is 0 Å². The van der Waals surface area contributed by atoms with Gasteiger partial charge in [-0.15, -0.1) is 6.42 Å². The van der Waals surface area contributed by atoms with E-state index in [1.807, 2.05) is 0 Å². The Bertz CT molecular complexity index is 167. The van der Waals surface area contributed by atoms with Gasteiger partial charge in [-0.25, -0.2) is 9.59 Å². The molecule has 0 fully saturated rings. The number of ether oxygens (including phenoxy) is 1. The van der Waals surface area contributed by atoms with E-state index in [0.717, 1.165) is 0 Å². The van der Waals surface area contributed by atoms with Crippen molar-refractivity contribution in [2.24, 2.45) is 0 Å². The fraction of sp³-hybridized carbons (Fsp3) is 0.333. The minimum absolute atomic E-state index is 0. The van der Waals surface area contributed by atoms with Gasteiger partial charge in [-0.3, -0.25) is 0 Å². The first kappa shape index (κ1) is 17.9. The van der Waals surface area contributed by atoms with Crippen LogP contribution in [0.1, 0.15) is 6.92 Å². The first-order valence-corrected chi connectivity index (χ1v) is 2.59. The van der Waals surface area contributed by atoms with Crippen molar-refractivity contribution in [1.82, 2.24) is 0 Å². The first-order chi connectivity index (χ1) is 5.04. The van der Waals surface area contributed by atoms with Crippen molar-refractivity contribution in [2.75, 3.05) is 6.61 Å². The quantitative estimate of drug-likeness (QED) is 0.264. The molecule has 0 aliphatic rings. The normalized spacial score (nSPS) is 6.00. The van der Waals surface area contributed by atoms with E-state index in [0.29, 0.717) is 6.61 Å². The Morgan fingerprint density at radius 2 is 1.83 bits per heavy atom. The average Bonchev–Trinajstić information content (AvgIpc) is 1.87. The molecule has 0 unspecified atom stereocenters. The van der Waals surface area contributed by atoms with E-state index in [9.17, 15) is 4.79 Å². The van der Waals surface area contributed by atoms with Gasteiger partial charge in [-0.1, -0.05) is 0 Å². The molecule has 0 atom stereocenters. The molecule has 0 spiro atoms. The van der Waals surface area contributed by atoms with Gasteiger partial charge in [0.2, 0.25) is 0 Å². The Kier molecular flexibility index (Phi) is 20.1. The standard InChI is InChI=1S/C5H6O2.CH2O3.K.H/c1-3-5(6)7-4-2;2-1(3)4;;/h1H,4H2,2H3;(H2,2,3,4);;. The molecule has 0 aromatic rings. The summed E-state index contributed by atoms with van der Waals surface area (Å²) in [6.07, 6.45) is 2.80. The Balaban J connectivity index is -0.000000142. The van der Waals surface area contributed by atoms with Crippen LogP contribution in [0.25, 0.3) is 0 Å². The van der Waals surface area contributed by atoms with Gasteiger partial charge in [0.15, 0.2) is 0 Å². The first-order valence-electron chi connectivity index (χ1n) is 2.59. The van der Waals surface area contributed by atoms with Crippen LogP contribution in [-0.2, 0) is 9.53 Å². The molecule has 0 aromatic carbocycles. The summed E-state index contributed by atoms with van der Waals surface area (Å²) in [5.41, 5.74) is 0. The summed E-state index contributed by atoms with van der Waals surface area (Å²) in [6.45, 7) is 2.05. The van der Waals surface area contributed by atoms with Crippen LogP contribution in [0.4, 0.5) is 4.79 Å². The molecule has 0 radical (unpaired) electrons. The third-order valence-electron chi connectivity index (χ3n) is 0.393. The monoisotopic (exact) mass is 200 g/mol. The maximum absolute atomic E-state index is 9.95. The van der Waals surface area contributed by atoms with Gasteiger partial charge in [0.25, 0.3) is 0 Å².